The second-order valence-corrected chi connectivity index (χ2v) is 5.40. The number of aromatic nitrogens is 1. The molecule has 2 aromatic carbocycles. The molecule has 24 heavy (non-hydrogen) atoms. The summed E-state index contributed by atoms with van der Waals surface area (Å²) in [6.45, 7) is 4.19. The van der Waals surface area contributed by atoms with Crippen LogP contribution in [0.1, 0.15) is 22.4 Å². The van der Waals surface area contributed by atoms with Gasteiger partial charge < -0.3 is 0 Å². The van der Waals surface area contributed by atoms with E-state index in [-0.39, 0.29) is 12.4 Å². The van der Waals surface area contributed by atoms with E-state index in [1.807, 2.05) is 60.7 Å². The first kappa shape index (κ1) is 17.7. The Morgan fingerprint density at radius 2 is 1.62 bits per heavy atom. The normalized spacial score (nSPS) is 10.8. The van der Waals surface area contributed by atoms with Crippen LogP contribution in [0, 0.1) is 13.8 Å². The summed E-state index contributed by atoms with van der Waals surface area (Å²) in [5, 5.41) is 4.64. The highest BCUT2D eigenvalue weighted by molar-refractivity contribution is 6.11. The number of nitrogens with one attached hydrogen (secondary N) is 1. The Balaban J connectivity index is 0.00000208. The average molecular weight is 338 g/mol. The highest BCUT2D eigenvalue weighted by Crippen LogP contribution is 2.18. The molecule has 0 aliphatic heterocycles. The van der Waals surface area contributed by atoms with Gasteiger partial charge in [-0.05, 0) is 43.2 Å². The van der Waals surface area contributed by atoms with Crippen LogP contribution in [0.5, 0.6) is 0 Å². The van der Waals surface area contributed by atoms with Crippen molar-refractivity contribution in [2.24, 2.45) is 5.10 Å². The van der Waals surface area contributed by atoms with Gasteiger partial charge in [0.25, 0.3) is 0 Å². The maximum atomic E-state index is 4.64. The topological polar surface area (TPSA) is 37.3 Å². The Bertz CT molecular complexity index is 773. The summed E-state index contributed by atoms with van der Waals surface area (Å²) in [4.78, 5) is 4.44. The quantitative estimate of drug-likeness (QED) is 0.538. The lowest BCUT2D eigenvalue weighted by Gasteiger charge is -2.10. The Morgan fingerprint density at radius 1 is 0.875 bits per heavy atom. The van der Waals surface area contributed by atoms with E-state index in [0.717, 1.165) is 22.7 Å². The van der Waals surface area contributed by atoms with Gasteiger partial charge in [-0.1, -0.05) is 48.5 Å². The Labute approximate surface area is 148 Å². The van der Waals surface area contributed by atoms with Crippen molar-refractivity contribution in [2.45, 2.75) is 13.8 Å². The molecular formula is C20H20ClN3. The predicted molar refractivity (Wildman–Crippen MR) is 103 cm³/mol. The second kappa shape index (κ2) is 8.27. The van der Waals surface area contributed by atoms with Crippen LogP contribution in [-0.4, -0.2) is 10.7 Å². The van der Waals surface area contributed by atoms with Gasteiger partial charge in [0.15, 0.2) is 0 Å². The van der Waals surface area contributed by atoms with Crippen LogP contribution in [0.25, 0.3) is 0 Å². The summed E-state index contributed by atoms with van der Waals surface area (Å²) < 4.78 is 0. The average Bonchev–Trinajstić information content (AvgIpc) is 2.60. The predicted octanol–water partition coefficient (Wildman–Crippen LogP) is 4.98. The zero-order valence-electron chi connectivity index (χ0n) is 13.7. The van der Waals surface area contributed by atoms with Crippen LogP contribution >= 0.6 is 12.4 Å². The van der Waals surface area contributed by atoms with E-state index in [1.54, 1.807) is 6.20 Å². The third-order valence-electron chi connectivity index (χ3n) is 3.85. The van der Waals surface area contributed by atoms with E-state index in [9.17, 15) is 0 Å². The largest absolute Gasteiger partial charge is 0.278 e. The molecule has 3 aromatic rings. The van der Waals surface area contributed by atoms with Crippen molar-refractivity contribution >= 4 is 23.8 Å². The van der Waals surface area contributed by atoms with Crippen molar-refractivity contribution in [2.75, 3.05) is 5.43 Å². The lowest BCUT2D eigenvalue weighted by Crippen LogP contribution is -2.08. The van der Waals surface area contributed by atoms with Gasteiger partial charge in [0, 0.05) is 11.8 Å². The maximum absolute atomic E-state index is 4.64. The van der Waals surface area contributed by atoms with E-state index in [1.165, 1.54) is 11.1 Å². The number of halogens is 1. The van der Waals surface area contributed by atoms with E-state index in [0.29, 0.717) is 0 Å². The molecule has 4 heteroatoms. The van der Waals surface area contributed by atoms with E-state index >= 15 is 0 Å². The SMILES string of the molecule is Cc1cccc(N/N=C(\c2ccccc2)c2ccccn2)c1C.Cl. The molecule has 3 nitrogen and oxygen atoms in total. The van der Waals surface area contributed by atoms with Crippen molar-refractivity contribution in [1.29, 1.82) is 0 Å². The number of pyridine rings is 1. The molecule has 0 bridgehead atoms. The molecule has 122 valence electrons. The molecule has 3 rings (SSSR count). The van der Waals surface area contributed by atoms with Gasteiger partial charge in [-0.3, -0.25) is 10.4 Å². The Hall–Kier alpha value is -2.65. The third-order valence-corrected chi connectivity index (χ3v) is 3.85. The number of hydrogen-bond donors (Lipinski definition) is 1. The molecule has 0 saturated carbocycles. The molecule has 0 atom stereocenters. The minimum atomic E-state index is 0. The lowest BCUT2D eigenvalue weighted by atomic mass is 10.1. The van der Waals surface area contributed by atoms with Crippen molar-refractivity contribution in [3.05, 3.63) is 95.3 Å². The van der Waals surface area contributed by atoms with Gasteiger partial charge in [-0.25, -0.2) is 0 Å². The summed E-state index contributed by atoms with van der Waals surface area (Å²) in [6, 6.07) is 22.1. The number of anilines is 1. The van der Waals surface area contributed by atoms with Gasteiger partial charge in [0.2, 0.25) is 0 Å². The lowest BCUT2D eigenvalue weighted by molar-refractivity contribution is 1.23. The van der Waals surface area contributed by atoms with Crippen LogP contribution in [0.3, 0.4) is 0 Å². The molecule has 1 aromatic heterocycles. The molecular weight excluding hydrogens is 318 g/mol. The Kier molecular flexibility index (Phi) is 6.10. The summed E-state index contributed by atoms with van der Waals surface area (Å²) >= 11 is 0. The minimum absolute atomic E-state index is 0. The van der Waals surface area contributed by atoms with Crippen LogP contribution in [0.15, 0.2) is 78.0 Å². The number of aryl methyl sites for hydroxylation is 1. The molecule has 1 N–H and O–H groups in total. The first-order chi connectivity index (χ1) is 11.3. The van der Waals surface area contributed by atoms with Crippen molar-refractivity contribution in [3.8, 4) is 0 Å². The molecule has 0 saturated heterocycles. The fourth-order valence-electron chi connectivity index (χ4n) is 2.36. The van der Waals surface area contributed by atoms with E-state index in [4.69, 9.17) is 0 Å². The summed E-state index contributed by atoms with van der Waals surface area (Å²) in [6.07, 6.45) is 1.78. The zero-order chi connectivity index (χ0) is 16.1. The van der Waals surface area contributed by atoms with Gasteiger partial charge in [0.05, 0.1) is 11.4 Å². The fourth-order valence-corrected chi connectivity index (χ4v) is 2.36. The summed E-state index contributed by atoms with van der Waals surface area (Å²) in [5.41, 5.74) is 9.35. The molecule has 0 amide bonds. The van der Waals surface area contributed by atoms with Gasteiger partial charge in [-0.2, -0.15) is 5.10 Å². The summed E-state index contributed by atoms with van der Waals surface area (Å²) in [7, 11) is 0. The molecule has 0 spiro atoms. The summed E-state index contributed by atoms with van der Waals surface area (Å²) in [5.74, 6) is 0. The van der Waals surface area contributed by atoms with Gasteiger partial charge >= 0.3 is 0 Å². The first-order valence-electron chi connectivity index (χ1n) is 7.62. The first-order valence-corrected chi connectivity index (χ1v) is 7.62. The highest BCUT2D eigenvalue weighted by atomic mass is 35.5. The van der Waals surface area contributed by atoms with Crippen LogP contribution < -0.4 is 5.43 Å². The molecule has 0 aliphatic carbocycles. The van der Waals surface area contributed by atoms with Crippen molar-refractivity contribution < 1.29 is 0 Å². The smallest absolute Gasteiger partial charge is 0.116 e. The standard InChI is InChI=1S/C20H19N3.ClH/c1-15-9-8-13-18(16(15)2)22-23-20(17-10-4-3-5-11-17)19-12-6-7-14-21-19;/h3-14,22H,1-2H3;1H/b23-20+;. The molecule has 0 unspecified atom stereocenters. The van der Waals surface area contributed by atoms with E-state index < -0.39 is 0 Å². The molecule has 0 aliphatic rings. The molecule has 0 fully saturated rings. The number of hydrazone groups is 1. The number of nitrogens with zero attached hydrogens (tertiary/aromatic N) is 2. The minimum Gasteiger partial charge on any atom is -0.278 e. The second-order valence-electron chi connectivity index (χ2n) is 5.40. The fraction of sp³-hybridized carbons (Fsp3) is 0.100. The number of rotatable bonds is 4. The van der Waals surface area contributed by atoms with Crippen LogP contribution in [0.4, 0.5) is 5.69 Å². The van der Waals surface area contributed by atoms with Crippen LogP contribution in [-0.2, 0) is 0 Å². The third kappa shape index (κ3) is 4.00. The zero-order valence-corrected chi connectivity index (χ0v) is 14.5. The monoisotopic (exact) mass is 337 g/mol. The Morgan fingerprint density at radius 3 is 2.33 bits per heavy atom. The number of hydrogen-bond acceptors (Lipinski definition) is 3. The van der Waals surface area contributed by atoms with Gasteiger partial charge in [0.1, 0.15) is 5.71 Å². The van der Waals surface area contributed by atoms with Crippen LogP contribution in [0.2, 0.25) is 0 Å². The highest BCUT2D eigenvalue weighted by Gasteiger charge is 2.08. The van der Waals surface area contributed by atoms with Crippen molar-refractivity contribution in [3.63, 3.8) is 0 Å². The van der Waals surface area contributed by atoms with Gasteiger partial charge in [-0.15, -0.1) is 12.4 Å². The van der Waals surface area contributed by atoms with Crippen molar-refractivity contribution in [1.82, 2.24) is 4.98 Å². The van der Waals surface area contributed by atoms with E-state index in [2.05, 4.69) is 35.4 Å². The molecule has 0 radical (unpaired) electrons. The molecule has 1 heterocycles. The number of benzene rings is 2. The maximum Gasteiger partial charge on any atom is 0.116 e.